The van der Waals surface area contributed by atoms with Crippen LogP contribution in [-0.2, 0) is 11.3 Å². The summed E-state index contributed by atoms with van der Waals surface area (Å²) in [5, 5.41) is 4.15. The summed E-state index contributed by atoms with van der Waals surface area (Å²) in [6, 6.07) is 2.82. The number of carbonyl (C=O) groups excluding carboxylic acids is 1. The lowest BCUT2D eigenvalue weighted by Gasteiger charge is -2.26. The first-order valence-electron chi connectivity index (χ1n) is 8.80. The summed E-state index contributed by atoms with van der Waals surface area (Å²) in [5.41, 5.74) is 0.786. The third-order valence-corrected chi connectivity index (χ3v) is 5.13. The van der Waals surface area contributed by atoms with Crippen LogP contribution in [0.15, 0.2) is 35.5 Å². The van der Waals surface area contributed by atoms with E-state index in [1.54, 1.807) is 12.3 Å². The minimum Gasteiger partial charge on any atom is -0.460 e. The minimum atomic E-state index is -0.573. The molecule has 1 atom stereocenters. The second kappa shape index (κ2) is 5.90. The van der Waals surface area contributed by atoms with Gasteiger partial charge in [-0.2, -0.15) is 5.10 Å². The Bertz CT molecular complexity index is 1120. The molecular weight excluding hydrogens is 353 g/mol. The van der Waals surface area contributed by atoms with E-state index in [0.717, 1.165) is 19.0 Å². The molecule has 2 aliphatic heterocycles. The number of fused-ring (bicyclic) bond motifs is 6. The van der Waals surface area contributed by atoms with E-state index < -0.39 is 11.8 Å². The van der Waals surface area contributed by atoms with Gasteiger partial charge in [0, 0.05) is 24.5 Å². The van der Waals surface area contributed by atoms with Gasteiger partial charge in [0.2, 0.25) is 0 Å². The number of carbonyl (C=O) groups is 1. The zero-order valence-electron chi connectivity index (χ0n) is 14.3. The van der Waals surface area contributed by atoms with Crippen molar-refractivity contribution >= 4 is 17.4 Å². The summed E-state index contributed by atoms with van der Waals surface area (Å²) in [6.07, 6.45) is 5.87. The van der Waals surface area contributed by atoms with Crippen LogP contribution in [0, 0.1) is 5.82 Å². The molecule has 5 heterocycles. The van der Waals surface area contributed by atoms with Gasteiger partial charge in [-0.3, -0.25) is 4.79 Å². The molecule has 0 amide bonds. The molecule has 138 valence electrons. The van der Waals surface area contributed by atoms with E-state index >= 15 is 0 Å². The fourth-order valence-electron chi connectivity index (χ4n) is 3.87. The molecule has 0 N–H and O–H groups in total. The molecule has 3 aromatic rings. The second-order valence-corrected chi connectivity index (χ2v) is 6.71. The van der Waals surface area contributed by atoms with Gasteiger partial charge < -0.3 is 14.2 Å². The van der Waals surface area contributed by atoms with Gasteiger partial charge in [-0.15, -0.1) is 0 Å². The average Bonchev–Trinajstić information content (AvgIpc) is 3.29. The van der Waals surface area contributed by atoms with Gasteiger partial charge in [0.15, 0.2) is 5.65 Å². The number of nitrogens with zero attached hydrogens (tertiary/aromatic N) is 5. The predicted octanol–water partition coefficient (Wildman–Crippen LogP) is 1.54. The van der Waals surface area contributed by atoms with Gasteiger partial charge in [-0.05, 0) is 25.0 Å². The van der Waals surface area contributed by atoms with E-state index in [-0.39, 0.29) is 30.3 Å². The van der Waals surface area contributed by atoms with E-state index in [0.29, 0.717) is 23.6 Å². The Morgan fingerprint density at radius 3 is 3.04 bits per heavy atom. The Morgan fingerprint density at radius 1 is 1.26 bits per heavy atom. The fourth-order valence-corrected chi connectivity index (χ4v) is 3.87. The Kier molecular flexibility index (Phi) is 3.49. The summed E-state index contributed by atoms with van der Waals surface area (Å²) in [7, 11) is 0. The smallest absolute Gasteiger partial charge is 0.343 e. The van der Waals surface area contributed by atoms with Crippen molar-refractivity contribution in [3.05, 3.63) is 58.0 Å². The minimum absolute atomic E-state index is 0.0486. The zero-order chi connectivity index (χ0) is 18.5. The van der Waals surface area contributed by atoms with Crippen molar-refractivity contribution in [1.82, 2.24) is 19.2 Å². The Morgan fingerprint density at radius 2 is 2.15 bits per heavy atom. The maximum Gasteiger partial charge on any atom is 0.343 e. The lowest BCUT2D eigenvalue weighted by atomic mass is 10.1. The Hall–Kier alpha value is -3.23. The van der Waals surface area contributed by atoms with Crippen molar-refractivity contribution in [2.24, 2.45) is 0 Å². The average molecular weight is 369 g/mol. The summed E-state index contributed by atoms with van der Waals surface area (Å²) in [5.74, 6) is -0.441. The zero-order valence-corrected chi connectivity index (χ0v) is 14.3. The molecule has 1 saturated heterocycles. The van der Waals surface area contributed by atoms with Gasteiger partial charge in [-0.1, -0.05) is 0 Å². The first-order chi connectivity index (χ1) is 13.1. The number of halogens is 1. The molecular formula is C18H16FN5O3. The van der Waals surface area contributed by atoms with Crippen LogP contribution in [0.3, 0.4) is 0 Å². The summed E-state index contributed by atoms with van der Waals surface area (Å²) >= 11 is 0. The lowest BCUT2D eigenvalue weighted by molar-refractivity contribution is 0.0492. The molecule has 3 aromatic heterocycles. The van der Waals surface area contributed by atoms with Crippen molar-refractivity contribution in [3.63, 3.8) is 0 Å². The largest absolute Gasteiger partial charge is 0.460 e. The highest BCUT2D eigenvalue weighted by Crippen LogP contribution is 2.34. The highest BCUT2D eigenvalue weighted by Gasteiger charge is 2.31. The third-order valence-electron chi connectivity index (χ3n) is 5.13. The number of hydrogen-bond acceptors (Lipinski definition) is 6. The lowest BCUT2D eigenvalue weighted by Crippen LogP contribution is -2.32. The molecule has 4 bridgehead atoms. The molecule has 8 nitrogen and oxygen atoms in total. The van der Waals surface area contributed by atoms with Crippen molar-refractivity contribution < 1.29 is 13.9 Å². The molecule has 1 fully saturated rings. The summed E-state index contributed by atoms with van der Waals surface area (Å²) < 4.78 is 22.2. The second-order valence-electron chi connectivity index (χ2n) is 6.71. The van der Waals surface area contributed by atoms with Crippen molar-refractivity contribution in [2.75, 3.05) is 18.1 Å². The van der Waals surface area contributed by atoms with E-state index in [1.807, 2.05) is 4.90 Å². The Labute approximate surface area is 152 Å². The van der Waals surface area contributed by atoms with Gasteiger partial charge in [0.25, 0.3) is 5.56 Å². The van der Waals surface area contributed by atoms with Crippen LogP contribution in [0.25, 0.3) is 5.65 Å². The van der Waals surface area contributed by atoms with Gasteiger partial charge in [-0.25, -0.2) is 18.7 Å². The highest BCUT2D eigenvalue weighted by molar-refractivity contribution is 5.95. The SMILES string of the molecule is O=C1OCCn2cc(F)cc(c2=O)[C@H]2CCCN2c2ccn3ncc1c3n2. The van der Waals surface area contributed by atoms with Crippen LogP contribution in [0.4, 0.5) is 10.2 Å². The van der Waals surface area contributed by atoms with Crippen LogP contribution in [0.2, 0.25) is 0 Å². The Balaban J connectivity index is 1.73. The maximum atomic E-state index is 14.2. The van der Waals surface area contributed by atoms with Gasteiger partial charge in [0.1, 0.15) is 23.8 Å². The molecule has 0 radical (unpaired) electrons. The van der Waals surface area contributed by atoms with Gasteiger partial charge in [0.05, 0.1) is 18.8 Å². The number of hydrogen-bond donors (Lipinski definition) is 0. The maximum absolute atomic E-state index is 14.2. The van der Waals surface area contributed by atoms with E-state index in [4.69, 9.17) is 4.74 Å². The number of rotatable bonds is 0. The van der Waals surface area contributed by atoms with Crippen LogP contribution in [-0.4, -0.2) is 38.3 Å². The van der Waals surface area contributed by atoms with Crippen molar-refractivity contribution in [2.45, 2.75) is 25.4 Å². The van der Waals surface area contributed by atoms with E-state index in [9.17, 15) is 14.0 Å². The van der Waals surface area contributed by atoms with Crippen molar-refractivity contribution in [1.29, 1.82) is 0 Å². The summed E-state index contributed by atoms with van der Waals surface area (Å²) in [6.45, 7) is 0.724. The molecule has 0 unspecified atom stereocenters. The molecule has 0 spiro atoms. The molecule has 2 aliphatic rings. The third kappa shape index (κ3) is 2.49. The normalized spacial score (nSPS) is 19.4. The monoisotopic (exact) mass is 369 g/mol. The molecule has 0 saturated carbocycles. The van der Waals surface area contributed by atoms with Crippen LogP contribution >= 0.6 is 0 Å². The number of cyclic esters (lactones) is 1. The number of anilines is 1. The number of ether oxygens (including phenoxy) is 1. The van der Waals surface area contributed by atoms with Crippen LogP contribution < -0.4 is 10.5 Å². The fraction of sp³-hybridized carbons (Fsp3) is 0.333. The summed E-state index contributed by atoms with van der Waals surface area (Å²) in [4.78, 5) is 31.9. The molecule has 9 heteroatoms. The van der Waals surface area contributed by atoms with E-state index in [1.165, 1.54) is 21.3 Å². The quantitative estimate of drug-likeness (QED) is 0.559. The number of aromatic nitrogens is 4. The molecule has 27 heavy (non-hydrogen) atoms. The first kappa shape index (κ1) is 16.0. The molecule has 0 aromatic carbocycles. The molecule has 5 rings (SSSR count). The molecule has 0 aliphatic carbocycles. The highest BCUT2D eigenvalue weighted by atomic mass is 19.1. The number of pyridine rings is 1. The van der Waals surface area contributed by atoms with Crippen molar-refractivity contribution in [3.8, 4) is 0 Å². The topological polar surface area (TPSA) is 81.7 Å². The number of esters is 1. The van der Waals surface area contributed by atoms with E-state index in [2.05, 4.69) is 10.1 Å². The standard InChI is InChI=1S/C18H16FN5O3/c19-11-8-12-14-2-1-4-23(14)15-3-5-24-16(21-15)13(9-20-24)18(26)27-7-6-22(10-11)17(12)25/h3,5,8-10,14H,1-2,4,6-7H2/t14-/m1/s1. The van der Waals surface area contributed by atoms with Crippen LogP contribution in [0.5, 0.6) is 0 Å². The first-order valence-corrected chi connectivity index (χ1v) is 8.80. The van der Waals surface area contributed by atoms with Gasteiger partial charge >= 0.3 is 5.97 Å². The van der Waals surface area contributed by atoms with Crippen LogP contribution in [0.1, 0.15) is 34.8 Å². The predicted molar refractivity (Wildman–Crippen MR) is 93.3 cm³/mol.